The van der Waals surface area contributed by atoms with Gasteiger partial charge in [-0.05, 0) is 78.2 Å². The van der Waals surface area contributed by atoms with Gasteiger partial charge in [-0.1, -0.05) is 71.6 Å². The molecule has 0 spiro atoms. The van der Waals surface area contributed by atoms with Crippen LogP contribution in [0.25, 0.3) is 65.4 Å². The number of hydrogen-bond acceptors (Lipinski definition) is 10. The summed E-state index contributed by atoms with van der Waals surface area (Å²) in [5.74, 6) is -2.24. The molecule has 0 radical (unpaired) electrons. The van der Waals surface area contributed by atoms with Gasteiger partial charge in [0.2, 0.25) is 0 Å². The van der Waals surface area contributed by atoms with Crippen LogP contribution in [0.1, 0.15) is 120 Å². The molecule has 7 rings (SSSR count). The first-order valence-corrected chi connectivity index (χ1v) is 19.8. The summed E-state index contributed by atoms with van der Waals surface area (Å²) in [6.07, 6.45) is 7.77. The third-order valence-corrected chi connectivity index (χ3v) is 10.3. The Morgan fingerprint density at radius 1 is 0.482 bits per heavy atom. The van der Waals surface area contributed by atoms with E-state index in [1.54, 1.807) is 30.5 Å². The SMILES string of the molecule is CCCCOC(=O)c1ccc2c3ccc(C(=O)OCCCC)c4c(C(=O)OCCCC)cc5c(-c6ccccn6)nc6cc(C(=O)OCCCC)c1c2c6c5c43. The number of carbonyl (C=O) groups excluding carboxylic acids is 4. The van der Waals surface area contributed by atoms with Crippen molar-refractivity contribution in [1.29, 1.82) is 0 Å². The Balaban J connectivity index is 1.66. The number of ether oxygens (including phenoxy) is 4. The molecule has 5 aromatic carbocycles. The Bertz CT molecular complexity index is 2560. The molecule has 0 unspecified atom stereocenters. The molecule has 0 aliphatic carbocycles. The van der Waals surface area contributed by atoms with Crippen molar-refractivity contribution in [3.05, 3.63) is 83.0 Å². The van der Waals surface area contributed by atoms with Gasteiger partial charge in [-0.25, -0.2) is 24.2 Å². The third kappa shape index (κ3) is 6.93. The summed E-state index contributed by atoms with van der Waals surface area (Å²) in [5, 5.41) is 5.45. The number of hydrogen-bond donors (Lipinski definition) is 0. The minimum Gasteiger partial charge on any atom is -0.462 e. The van der Waals surface area contributed by atoms with Gasteiger partial charge in [-0.2, -0.15) is 0 Å². The fourth-order valence-electron chi connectivity index (χ4n) is 7.44. The largest absolute Gasteiger partial charge is 0.462 e. The molecule has 0 saturated carbocycles. The van der Waals surface area contributed by atoms with Crippen molar-refractivity contribution < 1.29 is 38.1 Å². The highest BCUT2D eigenvalue weighted by molar-refractivity contribution is 6.44. The summed E-state index contributed by atoms with van der Waals surface area (Å²) in [7, 11) is 0. The van der Waals surface area contributed by atoms with E-state index < -0.39 is 23.9 Å². The number of rotatable bonds is 17. The van der Waals surface area contributed by atoms with Gasteiger partial charge in [0.05, 0.1) is 65.6 Å². The van der Waals surface area contributed by atoms with Gasteiger partial charge in [-0.15, -0.1) is 0 Å². The molecule has 10 nitrogen and oxygen atoms in total. The van der Waals surface area contributed by atoms with E-state index in [0.29, 0.717) is 91.1 Å². The number of nitrogens with zero attached hydrogens (tertiary/aromatic N) is 2. The summed E-state index contributed by atoms with van der Waals surface area (Å²) < 4.78 is 23.2. The third-order valence-electron chi connectivity index (χ3n) is 10.3. The fourth-order valence-corrected chi connectivity index (χ4v) is 7.44. The highest BCUT2D eigenvalue weighted by atomic mass is 16.5. The molecule has 0 fully saturated rings. The number of esters is 4. The second-order valence-corrected chi connectivity index (χ2v) is 14.1. The molecule has 2 heterocycles. The zero-order valence-corrected chi connectivity index (χ0v) is 32.4. The molecule has 0 atom stereocenters. The average molecular weight is 755 g/mol. The number of unbranched alkanes of at least 4 members (excludes halogenated alkanes) is 4. The van der Waals surface area contributed by atoms with E-state index in [1.807, 2.05) is 58.0 Å². The first-order valence-electron chi connectivity index (χ1n) is 19.8. The predicted octanol–water partition coefficient (Wildman–Crippen LogP) is 10.6. The molecule has 0 aliphatic heterocycles. The van der Waals surface area contributed by atoms with Crippen LogP contribution in [0.2, 0.25) is 0 Å². The van der Waals surface area contributed by atoms with Gasteiger partial charge < -0.3 is 18.9 Å². The fraction of sp³-hybridized carbons (Fsp3) is 0.348. The van der Waals surface area contributed by atoms with E-state index in [0.717, 1.165) is 25.7 Å². The lowest BCUT2D eigenvalue weighted by molar-refractivity contribution is 0.0485. The Morgan fingerprint density at radius 3 is 1.39 bits per heavy atom. The highest BCUT2D eigenvalue weighted by Gasteiger charge is 2.31. The van der Waals surface area contributed by atoms with E-state index in [-0.39, 0.29) is 48.7 Å². The van der Waals surface area contributed by atoms with Crippen LogP contribution in [-0.2, 0) is 18.9 Å². The van der Waals surface area contributed by atoms with Crippen LogP contribution in [-0.4, -0.2) is 60.3 Å². The quantitative estimate of drug-likeness (QED) is 0.0291. The zero-order chi connectivity index (χ0) is 39.3. The van der Waals surface area contributed by atoms with Crippen molar-refractivity contribution in [2.24, 2.45) is 0 Å². The maximum atomic E-state index is 14.2. The second-order valence-electron chi connectivity index (χ2n) is 14.1. The topological polar surface area (TPSA) is 131 Å². The van der Waals surface area contributed by atoms with E-state index in [2.05, 4.69) is 4.98 Å². The molecular formula is C46H46N2O8. The first kappa shape index (κ1) is 38.4. The monoisotopic (exact) mass is 754 g/mol. The molecule has 0 N–H and O–H groups in total. The lowest BCUT2D eigenvalue weighted by Gasteiger charge is -2.23. The molecule has 56 heavy (non-hydrogen) atoms. The Morgan fingerprint density at radius 2 is 0.929 bits per heavy atom. The predicted molar refractivity (Wildman–Crippen MR) is 218 cm³/mol. The van der Waals surface area contributed by atoms with Gasteiger partial charge in [0.15, 0.2) is 0 Å². The summed E-state index contributed by atoms with van der Waals surface area (Å²) >= 11 is 0. The van der Waals surface area contributed by atoms with Gasteiger partial charge >= 0.3 is 23.9 Å². The first-order chi connectivity index (χ1) is 27.3. The molecule has 0 amide bonds. The molecule has 10 heteroatoms. The minimum atomic E-state index is -0.576. The second kappa shape index (κ2) is 16.9. The van der Waals surface area contributed by atoms with Crippen LogP contribution in [0.3, 0.4) is 0 Å². The maximum Gasteiger partial charge on any atom is 0.338 e. The number of benzene rings is 5. The van der Waals surface area contributed by atoms with Crippen LogP contribution in [0.15, 0.2) is 60.8 Å². The number of fused-ring (bicyclic) bond motifs is 1. The standard InChI is InChI=1S/C46H46N2O8/c1-5-9-21-53-43(49)29-18-16-27-28-17-19-30(44(50)54-22-10-6-2)37-33(46(52)56-24-12-8-4)26-35-41(39(28)37)40-31(42(48-35)34-15-13-14-20-47-34)25-32(36(29)38(27)40)45(51)55-23-11-7-3/h13-20,25-26H,5-12,21-24H2,1-4H3. The van der Waals surface area contributed by atoms with Crippen LogP contribution in [0.5, 0.6) is 0 Å². The van der Waals surface area contributed by atoms with Gasteiger partial charge in [0, 0.05) is 38.5 Å². The zero-order valence-electron chi connectivity index (χ0n) is 32.4. The van der Waals surface area contributed by atoms with Crippen molar-refractivity contribution in [1.82, 2.24) is 9.97 Å². The Hall–Kier alpha value is -5.90. The lowest BCUT2D eigenvalue weighted by Crippen LogP contribution is -2.14. The number of carbonyl (C=O) groups is 4. The summed E-state index contributed by atoms with van der Waals surface area (Å²) in [4.78, 5) is 65.9. The Kier molecular flexibility index (Phi) is 11.5. The maximum absolute atomic E-state index is 14.2. The summed E-state index contributed by atoms with van der Waals surface area (Å²) in [5.41, 5.74) is 2.35. The van der Waals surface area contributed by atoms with E-state index >= 15 is 0 Å². The van der Waals surface area contributed by atoms with Crippen LogP contribution in [0, 0.1) is 0 Å². The van der Waals surface area contributed by atoms with Crippen molar-refractivity contribution in [2.75, 3.05) is 26.4 Å². The average Bonchev–Trinajstić information content (AvgIpc) is 3.22. The van der Waals surface area contributed by atoms with E-state index in [4.69, 9.17) is 23.9 Å². The molecule has 288 valence electrons. The van der Waals surface area contributed by atoms with E-state index in [1.165, 1.54) is 0 Å². The highest BCUT2D eigenvalue weighted by Crippen LogP contribution is 2.49. The van der Waals surface area contributed by atoms with Crippen molar-refractivity contribution >= 4 is 77.9 Å². The van der Waals surface area contributed by atoms with Crippen LogP contribution >= 0.6 is 0 Å². The van der Waals surface area contributed by atoms with Crippen LogP contribution < -0.4 is 0 Å². The van der Waals surface area contributed by atoms with Crippen LogP contribution in [0.4, 0.5) is 0 Å². The normalized spacial score (nSPS) is 11.6. The number of pyridine rings is 2. The minimum absolute atomic E-state index is 0.193. The molecule has 0 saturated heterocycles. The van der Waals surface area contributed by atoms with Gasteiger partial charge in [0.1, 0.15) is 0 Å². The molecule has 0 aliphatic rings. The van der Waals surface area contributed by atoms with Crippen molar-refractivity contribution in [3.63, 3.8) is 0 Å². The molecule has 0 bridgehead atoms. The van der Waals surface area contributed by atoms with Gasteiger partial charge in [0.25, 0.3) is 0 Å². The molecular weight excluding hydrogens is 709 g/mol. The lowest BCUT2D eigenvalue weighted by atomic mass is 9.81. The Labute approximate surface area is 325 Å². The van der Waals surface area contributed by atoms with Gasteiger partial charge in [-0.3, -0.25) is 4.98 Å². The molecule has 7 aromatic rings. The summed E-state index contributed by atoms with van der Waals surface area (Å²) in [6, 6.07) is 16.0. The molecule has 2 aromatic heterocycles. The van der Waals surface area contributed by atoms with Crippen molar-refractivity contribution in [3.8, 4) is 11.4 Å². The van der Waals surface area contributed by atoms with E-state index in [9.17, 15) is 19.2 Å². The van der Waals surface area contributed by atoms with Crippen molar-refractivity contribution in [2.45, 2.75) is 79.1 Å². The number of aromatic nitrogens is 2. The summed E-state index contributed by atoms with van der Waals surface area (Å²) in [6.45, 7) is 8.96. The smallest absolute Gasteiger partial charge is 0.338 e.